The largest absolute Gasteiger partial charge is 0.480 e. The van der Waals surface area contributed by atoms with E-state index >= 15 is 0 Å². The average molecular weight is 187 g/mol. The van der Waals surface area contributed by atoms with E-state index in [1.807, 2.05) is 0 Å². The fourth-order valence-electron chi connectivity index (χ4n) is 0.741. The van der Waals surface area contributed by atoms with Crippen LogP contribution in [-0.2, 0) is 4.79 Å². The Balaban J connectivity index is 2.95. The molecule has 1 aromatic rings. The van der Waals surface area contributed by atoms with Gasteiger partial charge in [0.15, 0.2) is 0 Å². The lowest BCUT2D eigenvalue weighted by Crippen LogP contribution is -2.20. The van der Waals surface area contributed by atoms with Gasteiger partial charge in [-0.15, -0.1) is 0 Å². The van der Waals surface area contributed by atoms with Gasteiger partial charge in [-0.2, -0.15) is 0 Å². The van der Waals surface area contributed by atoms with Gasteiger partial charge >= 0.3 is 5.97 Å². The Morgan fingerprint density at radius 3 is 2.83 bits per heavy atom. The zero-order chi connectivity index (χ0) is 9.14. The topological polar surface area (TPSA) is 76.2 Å². The predicted molar refractivity (Wildman–Crippen MR) is 43.8 cm³/mol. The molecule has 0 aliphatic carbocycles. The van der Waals surface area contributed by atoms with Gasteiger partial charge in [-0.25, -0.2) is 0 Å². The third kappa shape index (κ3) is 1.93. The lowest BCUT2D eigenvalue weighted by Gasteiger charge is -2.04. The summed E-state index contributed by atoms with van der Waals surface area (Å²) in [6, 6.07) is 0.420. The number of pyridine rings is 1. The minimum atomic E-state index is -1.10. The number of hydrogen-bond donors (Lipinski definition) is 2. The fourth-order valence-corrected chi connectivity index (χ4v) is 0.923. The standard InChI is InChI=1S/C7H7ClN2O2/c8-5-1-4(2-10-3-5)6(9)7(11)12/h1-3,6H,9H2,(H,11,12)/t6-/m0/s1. The summed E-state index contributed by atoms with van der Waals surface area (Å²) < 4.78 is 0. The molecular weight excluding hydrogens is 180 g/mol. The summed E-state index contributed by atoms with van der Waals surface area (Å²) in [5, 5.41) is 8.91. The van der Waals surface area contributed by atoms with Gasteiger partial charge in [0.1, 0.15) is 6.04 Å². The van der Waals surface area contributed by atoms with E-state index in [0.29, 0.717) is 10.6 Å². The molecule has 0 radical (unpaired) electrons. The molecule has 0 spiro atoms. The quantitative estimate of drug-likeness (QED) is 0.717. The van der Waals surface area contributed by atoms with Crippen molar-refractivity contribution in [2.45, 2.75) is 6.04 Å². The van der Waals surface area contributed by atoms with Gasteiger partial charge in [-0.05, 0) is 11.6 Å². The Morgan fingerprint density at radius 2 is 2.33 bits per heavy atom. The van der Waals surface area contributed by atoms with E-state index in [4.69, 9.17) is 22.4 Å². The molecule has 0 saturated carbocycles. The Morgan fingerprint density at radius 1 is 1.67 bits per heavy atom. The summed E-state index contributed by atoms with van der Waals surface area (Å²) >= 11 is 5.58. The molecule has 1 atom stereocenters. The number of nitrogens with zero attached hydrogens (tertiary/aromatic N) is 1. The first kappa shape index (κ1) is 8.96. The summed E-state index contributed by atoms with van der Waals surface area (Å²) in [4.78, 5) is 14.1. The van der Waals surface area contributed by atoms with Crippen LogP contribution in [0.5, 0.6) is 0 Å². The lowest BCUT2D eigenvalue weighted by atomic mass is 10.1. The van der Waals surface area contributed by atoms with Crippen molar-refractivity contribution in [1.82, 2.24) is 4.98 Å². The summed E-state index contributed by atoms with van der Waals surface area (Å²) in [7, 11) is 0. The molecule has 4 nitrogen and oxygen atoms in total. The van der Waals surface area contributed by atoms with Crippen molar-refractivity contribution in [1.29, 1.82) is 0 Å². The Bertz CT molecular complexity index is 303. The highest BCUT2D eigenvalue weighted by molar-refractivity contribution is 6.30. The number of aromatic nitrogens is 1. The van der Waals surface area contributed by atoms with E-state index in [1.54, 1.807) is 0 Å². The van der Waals surface area contributed by atoms with Crippen molar-refractivity contribution in [3.05, 3.63) is 29.0 Å². The van der Waals surface area contributed by atoms with Crippen molar-refractivity contribution in [2.75, 3.05) is 0 Å². The minimum absolute atomic E-state index is 0.379. The van der Waals surface area contributed by atoms with Crippen LogP contribution >= 0.6 is 11.6 Å². The van der Waals surface area contributed by atoms with E-state index in [9.17, 15) is 4.79 Å². The highest BCUT2D eigenvalue weighted by Crippen LogP contribution is 2.13. The molecule has 0 unspecified atom stereocenters. The van der Waals surface area contributed by atoms with E-state index in [-0.39, 0.29) is 0 Å². The van der Waals surface area contributed by atoms with Crippen LogP contribution in [0.2, 0.25) is 5.02 Å². The SMILES string of the molecule is N[C@H](C(=O)O)c1cncc(Cl)c1. The van der Waals surface area contributed by atoms with Crippen LogP contribution in [0.15, 0.2) is 18.5 Å². The van der Waals surface area contributed by atoms with Crippen LogP contribution in [0.25, 0.3) is 0 Å². The van der Waals surface area contributed by atoms with Gasteiger partial charge in [0.05, 0.1) is 5.02 Å². The second kappa shape index (κ2) is 3.51. The number of carboxylic acids is 1. The number of rotatable bonds is 2. The van der Waals surface area contributed by atoms with Crippen LogP contribution in [-0.4, -0.2) is 16.1 Å². The highest BCUT2D eigenvalue weighted by atomic mass is 35.5. The van der Waals surface area contributed by atoms with Gasteiger partial charge in [0.2, 0.25) is 0 Å². The number of carboxylic acid groups (broad SMARTS) is 1. The Hall–Kier alpha value is -1.13. The first-order valence-corrected chi connectivity index (χ1v) is 3.58. The number of nitrogens with two attached hydrogens (primary N) is 1. The van der Waals surface area contributed by atoms with Gasteiger partial charge in [-0.1, -0.05) is 11.6 Å². The maximum atomic E-state index is 10.4. The molecule has 12 heavy (non-hydrogen) atoms. The summed E-state index contributed by atoms with van der Waals surface area (Å²) in [6.45, 7) is 0. The second-order valence-corrected chi connectivity index (χ2v) is 2.69. The first-order valence-electron chi connectivity index (χ1n) is 3.20. The molecule has 0 aliphatic rings. The monoisotopic (exact) mass is 186 g/mol. The molecule has 0 bridgehead atoms. The van der Waals surface area contributed by atoms with Crippen LogP contribution in [0, 0.1) is 0 Å². The Kier molecular flexibility index (Phi) is 2.62. The molecule has 0 aromatic carbocycles. The molecule has 1 rings (SSSR count). The van der Waals surface area contributed by atoms with E-state index in [2.05, 4.69) is 4.98 Å². The number of halogens is 1. The number of aliphatic carboxylic acids is 1. The fraction of sp³-hybridized carbons (Fsp3) is 0.143. The van der Waals surface area contributed by atoms with E-state index in [0.717, 1.165) is 0 Å². The van der Waals surface area contributed by atoms with Crippen molar-refractivity contribution in [3.8, 4) is 0 Å². The van der Waals surface area contributed by atoms with E-state index < -0.39 is 12.0 Å². The second-order valence-electron chi connectivity index (χ2n) is 2.25. The minimum Gasteiger partial charge on any atom is -0.480 e. The summed E-state index contributed by atoms with van der Waals surface area (Å²) in [6.07, 6.45) is 2.80. The van der Waals surface area contributed by atoms with Crippen molar-refractivity contribution >= 4 is 17.6 Å². The number of hydrogen-bond acceptors (Lipinski definition) is 3. The van der Waals surface area contributed by atoms with Gasteiger partial charge in [-0.3, -0.25) is 9.78 Å². The molecule has 64 valence electrons. The van der Waals surface area contributed by atoms with Gasteiger partial charge in [0, 0.05) is 12.4 Å². The first-order chi connectivity index (χ1) is 5.61. The third-order valence-electron chi connectivity index (χ3n) is 1.35. The maximum Gasteiger partial charge on any atom is 0.325 e. The van der Waals surface area contributed by atoms with Crippen LogP contribution in [0.1, 0.15) is 11.6 Å². The molecule has 0 saturated heterocycles. The lowest BCUT2D eigenvalue weighted by molar-refractivity contribution is -0.138. The van der Waals surface area contributed by atoms with E-state index in [1.165, 1.54) is 18.5 Å². The number of carbonyl (C=O) groups is 1. The van der Waals surface area contributed by atoms with Crippen LogP contribution in [0.3, 0.4) is 0 Å². The molecule has 0 aliphatic heterocycles. The smallest absolute Gasteiger partial charge is 0.325 e. The maximum absolute atomic E-state index is 10.4. The summed E-state index contributed by atoms with van der Waals surface area (Å²) in [5.41, 5.74) is 5.71. The molecular formula is C7H7ClN2O2. The van der Waals surface area contributed by atoms with Crippen LogP contribution < -0.4 is 5.73 Å². The van der Waals surface area contributed by atoms with Crippen molar-refractivity contribution in [3.63, 3.8) is 0 Å². The van der Waals surface area contributed by atoms with Crippen molar-refractivity contribution < 1.29 is 9.90 Å². The summed E-state index contributed by atoms with van der Waals surface area (Å²) in [5.74, 6) is -1.10. The Labute approximate surface area is 74.0 Å². The highest BCUT2D eigenvalue weighted by Gasteiger charge is 2.14. The molecule has 1 aromatic heterocycles. The van der Waals surface area contributed by atoms with Gasteiger partial charge in [0.25, 0.3) is 0 Å². The molecule has 3 N–H and O–H groups in total. The van der Waals surface area contributed by atoms with Crippen molar-refractivity contribution in [2.24, 2.45) is 5.73 Å². The molecule has 0 amide bonds. The molecule has 0 fully saturated rings. The zero-order valence-electron chi connectivity index (χ0n) is 6.07. The third-order valence-corrected chi connectivity index (χ3v) is 1.56. The zero-order valence-corrected chi connectivity index (χ0v) is 6.82. The average Bonchev–Trinajstić information content (AvgIpc) is 2.03. The molecule has 1 heterocycles. The molecule has 5 heteroatoms. The normalized spacial score (nSPS) is 12.5. The van der Waals surface area contributed by atoms with Gasteiger partial charge < -0.3 is 10.8 Å². The van der Waals surface area contributed by atoms with Crippen LogP contribution in [0.4, 0.5) is 0 Å². The predicted octanol–water partition coefficient (Wildman–Crippen LogP) is 0.819.